The SMILES string of the molecule is CC(N)(C(N)=O)C1CCCCN1. The third-order valence-electron chi connectivity index (χ3n) is 2.57. The fourth-order valence-electron chi connectivity index (χ4n) is 1.54. The van der Waals surface area contributed by atoms with Crippen LogP contribution in [0.3, 0.4) is 0 Å². The minimum Gasteiger partial charge on any atom is -0.368 e. The van der Waals surface area contributed by atoms with Crippen LogP contribution in [0.25, 0.3) is 0 Å². The van der Waals surface area contributed by atoms with Crippen molar-refractivity contribution in [3.63, 3.8) is 0 Å². The maximum Gasteiger partial charge on any atom is 0.238 e. The first-order valence-corrected chi connectivity index (χ1v) is 4.37. The highest BCUT2D eigenvalue weighted by atomic mass is 16.1. The van der Waals surface area contributed by atoms with Gasteiger partial charge in [0, 0.05) is 6.04 Å². The van der Waals surface area contributed by atoms with Crippen LogP contribution in [0, 0.1) is 0 Å². The summed E-state index contributed by atoms with van der Waals surface area (Å²) in [5.74, 6) is -0.429. The lowest BCUT2D eigenvalue weighted by atomic mass is 9.87. The van der Waals surface area contributed by atoms with Crippen LogP contribution in [0.1, 0.15) is 26.2 Å². The molecule has 1 aliphatic heterocycles. The van der Waals surface area contributed by atoms with Crippen LogP contribution in [0.15, 0.2) is 0 Å². The lowest BCUT2D eigenvalue weighted by Gasteiger charge is -2.34. The van der Waals surface area contributed by atoms with Gasteiger partial charge < -0.3 is 16.8 Å². The average molecular weight is 171 g/mol. The molecule has 0 radical (unpaired) electrons. The van der Waals surface area contributed by atoms with Crippen molar-refractivity contribution in [1.82, 2.24) is 5.32 Å². The van der Waals surface area contributed by atoms with Gasteiger partial charge in [0.15, 0.2) is 0 Å². The van der Waals surface area contributed by atoms with Crippen LogP contribution in [-0.2, 0) is 4.79 Å². The molecule has 1 fully saturated rings. The zero-order valence-corrected chi connectivity index (χ0v) is 7.47. The molecule has 70 valence electrons. The molecule has 5 N–H and O–H groups in total. The van der Waals surface area contributed by atoms with E-state index in [9.17, 15) is 4.79 Å². The zero-order valence-electron chi connectivity index (χ0n) is 7.47. The van der Waals surface area contributed by atoms with Crippen molar-refractivity contribution in [2.45, 2.75) is 37.8 Å². The Morgan fingerprint density at radius 1 is 1.58 bits per heavy atom. The molecule has 4 heteroatoms. The normalized spacial score (nSPS) is 29.3. The Labute approximate surface area is 72.7 Å². The second kappa shape index (κ2) is 3.41. The van der Waals surface area contributed by atoms with Gasteiger partial charge in [-0.05, 0) is 26.3 Å². The van der Waals surface area contributed by atoms with Crippen molar-refractivity contribution in [3.8, 4) is 0 Å². The first kappa shape index (κ1) is 9.48. The van der Waals surface area contributed by atoms with E-state index < -0.39 is 11.4 Å². The van der Waals surface area contributed by atoms with Crippen molar-refractivity contribution in [1.29, 1.82) is 0 Å². The molecular formula is C8H17N3O. The number of piperidine rings is 1. The van der Waals surface area contributed by atoms with E-state index in [2.05, 4.69) is 5.32 Å². The Balaban J connectivity index is 2.59. The molecule has 0 spiro atoms. The van der Waals surface area contributed by atoms with Crippen molar-refractivity contribution < 1.29 is 4.79 Å². The summed E-state index contributed by atoms with van der Waals surface area (Å²) < 4.78 is 0. The van der Waals surface area contributed by atoms with Crippen molar-refractivity contribution in [2.24, 2.45) is 11.5 Å². The van der Waals surface area contributed by atoms with E-state index in [0.29, 0.717) is 0 Å². The number of rotatable bonds is 2. The average Bonchev–Trinajstić information content (AvgIpc) is 2.06. The van der Waals surface area contributed by atoms with Crippen LogP contribution >= 0.6 is 0 Å². The second-order valence-electron chi connectivity index (χ2n) is 3.65. The molecule has 0 saturated carbocycles. The number of hydrogen-bond donors (Lipinski definition) is 3. The van der Waals surface area contributed by atoms with Gasteiger partial charge in [0.25, 0.3) is 0 Å². The van der Waals surface area contributed by atoms with Crippen LogP contribution in [0.2, 0.25) is 0 Å². The number of nitrogens with one attached hydrogen (secondary N) is 1. The smallest absolute Gasteiger partial charge is 0.238 e. The molecule has 0 aromatic carbocycles. The maximum absolute atomic E-state index is 11.0. The quantitative estimate of drug-likeness (QED) is 0.515. The van der Waals surface area contributed by atoms with Gasteiger partial charge in [-0.15, -0.1) is 0 Å². The zero-order chi connectivity index (χ0) is 9.19. The van der Waals surface area contributed by atoms with Crippen LogP contribution in [-0.4, -0.2) is 24.0 Å². The number of carbonyl (C=O) groups is 1. The van der Waals surface area contributed by atoms with Gasteiger partial charge in [0.1, 0.15) is 5.54 Å². The first-order valence-electron chi connectivity index (χ1n) is 4.37. The Bertz CT molecular complexity index is 173. The Morgan fingerprint density at radius 2 is 2.25 bits per heavy atom. The van der Waals surface area contributed by atoms with E-state index in [-0.39, 0.29) is 6.04 Å². The summed E-state index contributed by atoms with van der Waals surface area (Å²) in [6.07, 6.45) is 3.22. The van der Waals surface area contributed by atoms with E-state index >= 15 is 0 Å². The van der Waals surface area contributed by atoms with Crippen molar-refractivity contribution >= 4 is 5.91 Å². The minimum atomic E-state index is -0.902. The van der Waals surface area contributed by atoms with E-state index in [1.165, 1.54) is 0 Å². The molecule has 0 aromatic rings. The topological polar surface area (TPSA) is 81.1 Å². The number of amides is 1. The van der Waals surface area contributed by atoms with Crippen LogP contribution in [0.4, 0.5) is 0 Å². The highest BCUT2D eigenvalue weighted by Gasteiger charge is 2.36. The molecule has 0 aliphatic carbocycles. The predicted molar refractivity (Wildman–Crippen MR) is 47.4 cm³/mol. The molecule has 1 amide bonds. The largest absolute Gasteiger partial charge is 0.368 e. The summed E-state index contributed by atoms with van der Waals surface area (Å²) in [7, 11) is 0. The Hall–Kier alpha value is -0.610. The number of hydrogen-bond acceptors (Lipinski definition) is 3. The molecule has 2 unspecified atom stereocenters. The highest BCUT2D eigenvalue weighted by molar-refractivity contribution is 5.84. The summed E-state index contributed by atoms with van der Waals surface area (Å²) in [5, 5.41) is 3.21. The molecule has 12 heavy (non-hydrogen) atoms. The maximum atomic E-state index is 11.0. The Morgan fingerprint density at radius 3 is 2.67 bits per heavy atom. The van der Waals surface area contributed by atoms with Gasteiger partial charge in [-0.1, -0.05) is 6.42 Å². The summed E-state index contributed by atoms with van der Waals surface area (Å²) in [4.78, 5) is 11.0. The lowest BCUT2D eigenvalue weighted by molar-refractivity contribution is -0.123. The summed E-state index contributed by atoms with van der Waals surface area (Å²) in [6, 6.07) is 0.0451. The molecule has 1 heterocycles. The van der Waals surface area contributed by atoms with E-state index in [1.807, 2.05) is 0 Å². The molecule has 1 rings (SSSR count). The van der Waals surface area contributed by atoms with Gasteiger partial charge in [-0.3, -0.25) is 4.79 Å². The van der Waals surface area contributed by atoms with Crippen molar-refractivity contribution in [3.05, 3.63) is 0 Å². The molecule has 2 atom stereocenters. The van der Waals surface area contributed by atoms with Crippen molar-refractivity contribution in [2.75, 3.05) is 6.54 Å². The van der Waals surface area contributed by atoms with Crippen LogP contribution < -0.4 is 16.8 Å². The summed E-state index contributed by atoms with van der Waals surface area (Å²) in [6.45, 7) is 2.63. The number of primary amides is 1. The van der Waals surface area contributed by atoms with Gasteiger partial charge >= 0.3 is 0 Å². The third-order valence-corrected chi connectivity index (χ3v) is 2.57. The summed E-state index contributed by atoms with van der Waals surface area (Å²) >= 11 is 0. The molecule has 1 saturated heterocycles. The number of nitrogens with two attached hydrogens (primary N) is 2. The second-order valence-corrected chi connectivity index (χ2v) is 3.65. The first-order chi connectivity index (χ1) is 5.55. The van der Waals surface area contributed by atoms with Gasteiger partial charge in [-0.25, -0.2) is 0 Å². The molecule has 1 aliphatic rings. The predicted octanol–water partition coefficient (Wildman–Crippen LogP) is -0.669. The molecular weight excluding hydrogens is 154 g/mol. The lowest BCUT2D eigenvalue weighted by Crippen LogP contribution is -2.63. The molecule has 4 nitrogen and oxygen atoms in total. The fourth-order valence-corrected chi connectivity index (χ4v) is 1.54. The summed E-state index contributed by atoms with van der Waals surface area (Å²) in [5.41, 5.74) is 10.1. The van der Waals surface area contributed by atoms with E-state index in [0.717, 1.165) is 25.8 Å². The monoisotopic (exact) mass is 171 g/mol. The fraction of sp³-hybridized carbons (Fsp3) is 0.875. The standard InChI is InChI=1S/C8H17N3O/c1-8(10,7(9)12)6-4-2-3-5-11-6/h6,11H,2-5,10H2,1H3,(H2,9,12). The van der Waals surface area contributed by atoms with Crippen LogP contribution in [0.5, 0.6) is 0 Å². The third kappa shape index (κ3) is 1.76. The molecule has 0 bridgehead atoms. The number of carbonyl (C=O) groups excluding carboxylic acids is 1. The van der Waals surface area contributed by atoms with E-state index in [1.54, 1.807) is 6.92 Å². The Kier molecular flexibility index (Phi) is 2.69. The molecule has 0 aromatic heterocycles. The van der Waals surface area contributed by atoms with Gasteiger partial charge in [0.05, 0.1) is 0 Å². The van der Waals surface area contributed by atoms with E-state index in [4.69, 9.17) is 11.5 Å². The minimum absolute atomic E-state index is 0.0451. The van der Waals surface area contributed by atoms with Gasteiger partial charge in [-0.2, -0.15) is 0 Å². The van der Waals surface area contributed by atoms with Gasteiger partial charge in [0.2, 0.25) is 5.91 Å². The highest BCUT2D eigenvalue weighted by Crippen LogP contribution is 2.16.